The molecule has 7 nitrogen and oxygen atoms in total. The molecule has 158 valence electrons. The van der Waals surface area contributed by atoms with E-state index < -0.39 is 0 Å². The molecule has 31 heavy (non-hydrogen) atoms. The molecule has 0 unspecified atom stereocenters. The SMILES string of the molecule is CN(C)[C@H]1CCN(c2ncc(Sc3ccc(C#N)nc3)c(OCc3ccccc3)n2)C1. The van der Waals surface area contributed by atoms with Crippen molar-refractivity contribution >= 4 is 17.7 Å². The second-order valence-electron chi connectivity index (χ2n) is 7.56. The van der Waals surface area contributed by atoms with Crippen LogP contribution in [-0.2, 0) is 6.61 Å². The number of ether oxygens (including phenoxy) is 1. The van der Waals surface area contributed by atoms with Crippen molar-refractivity contribution in [1.82, 2.24) is 19.9 Å². The number of rotatable bonds is 7. The fourth-order valence-corrected chi connectivity index (χ4v) is 4.17. The van der Waals surface area contributed by atoms with Crippen LogP contribution in [0.25, 0.3) is 0 Å². The summed E-state index contributed by atoms with van der Waals surface area (Å²) < 4.78 is 6.13. The summed E-state index contributed by atoms with van der Waals surface area (Å²) in [7, 11) is 4.21. The molecule has 3 heterocycles. The molecule has 3 aromatic rings. The highest BCUT2D eigenvalue weighted by Crippen LogP contribution is 2.35. The summed E-state index contributed by atoms with van der Waals surface area (Å²) in [6, 6.07) is 16.1. The topological polar surface area (TPSA) is 78.2 Å². The van der Waals surface area contributed by atoms with Gasteiger partial charge < -0.3 is 14.5 Å². The summed E-state index contributed by atoms with van der Waals surface area (Å²) >= 11 is 1.48. The number of anilines is 1. The molecule has 0 aliphatic carbocycles. The lowest BCUT2D eigenvalue weighted by molar-refractivity contribution is 0.285. The van der Waals surface area contributed by atoms with Gasteiger partial charge in [0.1, 0.15) is 18.4 Å². The Morgan fingerprint density at radius 1 is 1.16 bits per heavy atom. The zero-order valence-electron chi connectivity index (χ0n) is 17.6. The van der Waals surface area contributed by atoms with Gasteiger partial charge in [-0.05, 0) is 38.2 Å². The highest BCUT2D eigenvalue weighted by atomic mass is 32.2. The summed E-state index contributed by atoms with van der Waals surface area (Å²) in [4.78, 5) is 19.7. The van der Waals surface area contributed by atoms with Crippen LogP contribution >= 0.6 is 11.8 Å². The maximum atomic E-state index is 8.96. The number of hydrogen-bond donors (Lipinski definition) is 0. The highest BCUT2D eigenvalue weighted by molar-refractivity contribution is 7.99. The van der Waals surface area contributed by atoms with Crippen LogP contribution in [0.3, 0.4) is 0 Å². The number of aromatic nitrogens is 3. The number of nitriles is 1. The first kappa shape index (κ1) is 21.1. The van der Waals surface area contributed by atoms with Crippen molar-refractivity contribution < 1.29 is 4.74 Å². The predicted octanol–water partition coefficient (Wildman–Crippen LogP) is 3.61. The summed E-state index contributed by atoms with van der Waals surface area (Å²) in [5.41, 5.74) is 1.47. The van der Waals surface area contributed by atoms with Crippen LogP contribution in [0.1, 0.15) is 17.7 Å². The van der Waals surface area contributed by atoms with Gasteiger partial charge >= 0.3 is 0 Å². The summed E-state index contributed by atoms with van der Waals surface area (Å²) in [5, 5.41) is 8.96. The van der Waals surface area contributed by atoms with Crippen LogP contribution in [0, 0.1) is 11.3 Å². The van der Waals surface area contributed by atoms with Gasteiger partial charge in [-0.2, -0.15) is 10.2 Å². The molecule has 1 atom stereocenters. The molecule has 1 aliphatic rings. The zero-order chi connectivity index (χ0) is 21.6. The Hall–Kier alpha value is -3.15. The minimum absolute atomic E-state index is 0.390. The van der Waals surface area contributed by atoms with Crippen molar-refractivity contribution in [2.75, 3.05) is 32.1 Å². The van der Waals surface area contributed by atoms with Crippen LogP contribution < -0.4 is 9.64 Å². The average molecular weight is 433 g/mol. The lowest BCUT2D eigenvalue weighted by atomic mass is 10.2. The molecule has 0 saturated carbocycles. The van der Waals surface area contributed by atoms with Crippen molar-refractivity contribution in [3.63, 3.8) is 0 Å². The normalized spacial score (nSPS) is 15.8. The Kier molecular flexibility index (Phi) is 6.65. The van der Waals surface area contributed by atoms with Crippen LogP contribution in [-0.4, -0.2) is 53.1 Å². The molecular formula is C23H24N6OS. The second-order valence-corrected chi connectivity index (χ2v) is 8.67. The molecule has 1 aliphatic heterocycles. The monoisotopic (exact) mass is 432 g/mol. The quantitative estimate of drug-likeness (QED) is 0.560. The first-order valence-electron chi connectivity index (χ1n) is 10.1. The molecule has 0 radical (unpaired) electrons. The number of pyridine rings is 1. The molecule has 0 amide bonds. The van der Waals surface area contributed by atoms with Crippen molar-refractivity contribution in [3.05, 3.63) is 66.1 Å². The van der Waals surface area contributed by atoms with Gasteiger partial charge in [-0.15, -0.1) is 0 Å². The van der Waals surface area contributed by atoms with Crippen molar-refractivity contribution in [2.45, 2.75) is 28.9 Å². The lowest BCUT2D eigenvalue weighted by Gasteiger charge is -2.21. The van der Waals surface area contributed by atoms with E-state index in [0.29, 0.717) is 30.2 Å². The maximum Gasteiger partial charge on any atom is 0.232 e. The number of likely N-dealkylation sites (N-methyl/N-ethyl adjacent to an activating group) is 1. The average Bonchev–Trinajstić information content (AvgIpc) is 3.30. The van der Waals surface area contributed by atoms with E-state index in [2.05, 4.69) is 33.9 Å². The fraction of sp³-hybridized carbons (Fsp3) is 0.304. The van der Waals surface area contributed by atoms with Gasteiger partial charge in [-0.1, -0.05) is 42.1 Å². The molecule has 2 aromatic heterocycles. The van der Waals surface area contributed by atoms with E-state index >= 15 is 0 Å². The molecule has 0 bridgehead atoms. The molecule has 1 saturated heterocycles. The van der Waals surface area contributed by atoms with Crippen LogP contribution in [0.5, 0.6) is 5.88 Å². The Labute approximate surface area is 186 Å². The Morgan fingerprint density at radius 3 is 2.68 bits per heavy atom. The highest BCUT2D eigenvalue weighted by Gasteiger charge is 2.26. The molecule has 1 fully saturated rings. The molecular weight excluding hydrogens is 408 g/mol. The van der Waals surface area contributed by atoms with Gasteiger partial charge in [0.25, 0.3) is 0 Å². The van der Waals surface area contributed by atoms with Gasteiger partial charge in [0.2, 0.25) is 11.8 Å². The predicted molar refractivity (Wildman–Crippen MR) is 120 cm³/mol. The van der Waals surface area contributed by atoms with Gasteiger partial charge in [0.15, 0.2) is 0 Å². The summed E-state index contributed by atoms with van der Waals surface area (Å²) in [5.74, 6) is 1.24. The van der Waals surface area contributed by atoms with E-state index in [4.69, 9.17) is 15.0 Å². The van der Waals surface area contributed by atoms with Crippen molar-refractivity contribution in [1.29, 1.82) is 5.26 Å². The first-order valence-corrected chi connectivity index (χ1v) is 10.9. The molecule has 0 N–H and O–H groups in total. The summed E-state index contributed by atoms with van der Waals surface area (Å²) in [6.07, 6.45) is 4.58. The van der Waals surface area contributed by atoms with E-state index in [0.717, 1.165) is 34.9 Å². The minimum atomic E-state index is 0.390. The molecule has 4 rings (SSSR count). The van der Waals surface area contributed by atoms with E-state index in [1.807, 2.05) is 48.7 Å². The van der Waals surface area contributed by atoms with E-state index in [-0.39, 0.29) is 0 Å². The van der Waals surface area contributed by atoms with Crippen LogP contribution in [0.2, 0.25) is 0 Å². The van der Waals surface area contributed by atoms with Crippen LogP contribution in [0.4, 0.5) is 5.95 Å². The third-order valence-corrected chi connectivity index (χ3v) is 6.16. The minimum Gasteiger partial charge on any atom is -0.472 e. The fourth-order valence-electron chi connectivity index (χ4n) is 3.38. The van der Waals surface area contributed by atoms with Gasteiger partial charge in [0.05, 0.1) is 11.1 Å². The zero-order valence-corrected chi connectivity index (χ0v) is 18.4. The number of nitrogens with zero attached hydrogens (tertiary/aromatic N) is 6. The van der Waals surface area contributed by atoms with E-state index in [9.17, 15) is 0 Å². The second kappa shape index (κ2) is 9.77. The number of benzene rings is 1. The van der Waals surface area contributed by atoms with Gasteiger partial charge in [-0.3, -0.25) is 0 Å². The number of hydrogen-bond acceptors (Lipinski definition) is 8. The van der Waals surface area contributed by atoms with Crippen molar-refractivity contribution in [2.24, 2.45) is 0 Å². The Balaban J connectivity index is 1.57. The standard InChI is InChI=1S/C23H24N6OS/c1-28(2)19-10-11-29(15-19)23-26-14-21(31-20-9-8-18(12-24)25-13-20)22(27-23)30-16-17-6-4-3-5-7-17/h3-9,13-14,19H,10-11,15-16H2,1-2H3/t19-/m0/s1. The van der Waals surface area contributed by atoms with E-state index in [1.54, 1.807) is 12.3 Å². The Morgan fingerprint density at radius 2 is 2.00 bits per heavy atom. The molecule has 0 spiro atoms. The largest absolute Gasteiger partial charge is 0.472 e. The van der Waals surface area contributed by atoms with Crippen molar-refractivity contribution in [3.8, 4) is 11.9 Å². The smallest absolute Gasteiger partial charge is 0.232 e. The lowest BCUT2D eigenvalue weighted by Crippen LogP contribution is -2.32. The van der Waals surface area contributed by atoms with Gasteiger partial charge in [-0.25, -0.2) is 9.97 Å². The Bertz CT molecular complexity index is 1050. The first-order chi connectivity index (χ1) is 15.1. The summed E-state index contributed by atoms with van der Waals surface area (Å²) in [6.45, 7) is 2.25. The molecule has 8 heteroatoms. The maximum absolute atomic E-state index is 8.96. The van der Waals surface area contributed by atoms with Gasteiger partial charge in [0, 0.05) is 30.2 Å². The van der Waals surface area contributed by atoms with Crippen LogP contribution in [0.15, 0.2) is 64.6 Å². The van der Waals surface area contributed by atoms with E-state index in [1.165, 1.54) is 11.8 Å². The molecule has 1 aromatic carbocycles. The third-order valence-electron chi connectivity index (χ3n) is 5.18. The third kappa shape index (κ3) is 5.32.